The smallest absolute Gasteiger partial charge is 0.327 e. The fraction of sp³-hybridized carbons (Fsp3) is 0.591. The summed E-state index contributed by atoms with van der Waals surface area (Å²) in [6.45, 7) is 1.54. The molecule has 5 rings (SSSR count). The Morgan fingerprint density at radius 2 is 1.75 bits per heavy atom. The van der Waals surface area contributed by atoms with Crippen LogP contribution in [0.3, 0.4) is 0 Å². The van der Waals surface area contributed by atoms with Crippen LogP contribution in [0.1, 0.15) is 44.1 Å². The van der Waals surface area contributed by atoms with Gasteiger partial charge in [-0.1, -0.05) is 36.8 Å². The third kappa shape index (κ3) is 2.43. The second kappa shape index (κ2) is 6.06. The minimum Gasteiger partial charge on any atom is -0.342 e. The monoisotopic (exact) mass is 381 g/mol. The van der Waals surface area contributed by atoms with Gasteiger partial charge in [0.25, 0.3) is 5.91 Å². The lowest BCUT2D eigenvalue weighted by molar-refractivity contribution is -0.142. The Labute approximate surface area is 165 Å². The number of imide groups is 1. The summed E-state index contributed by atoms with van der Waals surface area (Å²) in [5, 5.41) is 0. The Morgan fingerprint density at radius 1 is 1.07 bits per heavy atom. The molecule has 4 aliphatic rings. The topological polar surface area (TPSA) is 60.9 Å². The van der Waals surface area contributed by atoms with E-state index in [2.05, 4.69) is 0 Å². The van der Waals surface area contributed by atoms with E-state index in [0.717, 1.165) is 12.0 Å². The van der Waals surface area contributed by atoms with Gasteiger partial charge >= 0.3 is 6.03 Å². The molecule has 0 aromatic heterocycles. The van der Waals surface area contributed by atoms with Gasteiger partial charge in [0, 0.05) is 32.6 Å². The van der Waals surface area contributed by atoms with Crippen molar-refractivity contribution in [2.24, 2.45) is 11.3 Å². The molecule has 2 saturated carbocycles. The van der Waals surface area contributed by atoms with Crippen molar-refractivity contribution in [1.82, 2.24) is 14.7 Å². The Hall–Kier alpha value is -2.37. The summed E-state index contributed by atoms with van der Waals surface area (Å²) in [4.78, 5) is 43.7. The number of nitrogens with zero attached hydrogens (tertiary/aromatic N) is 3. The Bertz CT molecular complexity index is 825. The summed E-state index contributed by atoms with van der Waals surface area (Å²) in [6.07, 6.45) is 5.76. The summed E-state index contributed by atoms with van der Waals surface area (Å²) in [5.41, 5.74) is 0.530. The van der Waals surface area contributed by atoms with E-state index in [0.29, 0.717) is 37.9 Å². The van der Waals surface area contributed by atoms with Gasteiger partial charge in [0.2, 0.25) is 5.91 Å². The van der Waals surface area contributed by atoms with Crippen LogP contribution < -0.4 is 0 Å². The highest BCUT2D eigenvalue weighted by atomic mass is 16.2. The summed E-state index contributed by atoms with van der Waals surface area (Å²) in [6, 6.07) is 9.56. The fourth-order valence-corrected chi connectivity index (χ4v) is 5.55. The number of amides is 4. The van der Waals surface area contributed by atoms with Crippen LogP contribution in [0, 0.1) is 11.3 Å². The molecule has 2 heterocycles. The maximum atomic E-state index is 13.0. The average Bonchev–Trinajstić information content (AvgIpc) is 3.44. The number of likely N-dealkylation sites (tertiary alicyclic amines) is 1. The van der Waals surface area contributed by atoms with Crippen molar-refractivity contribution < 1.29 is 14.4 Å². The first-order valence-corrected chi connectivity index (χ1v) is 10.4. The molecule has 2 aliphatic carbocycles. The molecule has 6 nitrogen and oxygen atoms in total. The van der Waals surface area contributed by atoms with Gasteiger partial charge in [-0.3, -0.25) is 14.5 Å². The average molecular weight is 381 g/mol. The number of rotatable bonds is 3. The first-order chi connectivity index (χ1) is 13.5. The number of hydrogen-bond acceptors (Lipinski definition) is 3. The van der Waals surface area contributed by atoms with Crippen molar-refractivity contribution in [1.29, 1.82) is 0 Å². The third-order valence-corrected chi connectivity index (χ3v) is 7.66. The molecule has 148 valence electrons. The van der Waals surface area contributed by atoms with Gasteiger partial charge in [-0.05, 0) is 43.1 Å². The maximum Gasteiger partial charge on any atom is 0.327 e. The van der Waals surface area contributed by atoms with E-state index >= 15 is 0 Å². The number of hydrogen-bond donors (Lipinski definition) is 0. The number of carbonyl (C=O) groups excluding carboxylic acids is 3. The number of urea groups is 1. The van der Waals surface area contributed by atoms with Crippen LogP contribution in [0.4, 0.5) is 4.79 Å². The van der Waals surface area contributed by atoms with E-state index in [9.17, 15) is 14.4 Å². The standard InChI is InChI=1S/C22H27N3O3/c1-23-19(27)22(25(20(23)28)15-16-6-3-2-4-7-16)10-12-24(13-11-22)18(26)17-14-21(17)8-5-9-21/h2-4,6-7,17H,5,8-15H2,1H3. The van der Waals surface area contributed by atoms with Gasteiger partial charge in [-0.2, -0.15) is 0 Å². The quantitative estimate of drug-likeness (QED) is 0.756. The van der Waals surface area contributed by atoms with Crippen molar-refractivity contribution in [2.45, 2.75) is 50.6 Å². The molecule has 2 spiro atoms. The van der Waals surface area contributed by atoms with Crippen LogP contribution in [0.5, 0.6) is 0 Å². The van der Waals surface area contributed by atoms with Crippen LogP contribution in [0.2, 0.25) is 0 Å². The zero-order chi connectivity index (χ0) is 19.5. The molecule has 1 atom stereocenters. The highest BCUT2D eigenvalue weighted by Crippen LogP contribution is 2.66. The molecular formula is C22H27N3O3. The molecule has 4 fully saturated rings. The van der Waals surface area contributed by atoms with Gasteiger partial charge in [0.1, 0.15) is 5.54 Å². The predicted octanol–water partition coefficient (Wildman–Crippen LogP) is 2.63. The van der Waals surface area contributed by atoms with Crippen molar-refractivity contribution in [3.8, 4) is 0 Å². The van der Waals surface area contributed by atoms with E-state index < -0.39 is 5.54 Å². The molecule has 1 aromatic rings. The zero-order valence-corrected chi connectivity index (χ0v) is 16.4. The second-order valence-electron chi connectivity index (χ2n) is 9.05. The van der Waals surface area contributed by atoms with Crippen molar-refractivity contribution in [2.75, 3.05) is 20.1 Å². The summed E-state index contributed by atoms with van der Waals surface area (Å²) in [7, 11) is 1.57. The Balaban J connectivity index is 1.32. The second-order valence-corrected chi connectivity index (χ2v) is 9.05. The van der Waals surface area contributed by atoms with Gasteiger partial charge in [-0.15, -0.1) is 0 Å². The molecule has 0 bridgehead atoms. The normalized spacial score (nSPS) is 27.5. The number of piperidine rings is 1. The number of likely N-dealkylation sites (N-methyl/N-ethyl adjacent to an activating group) is 1. The van der Waals surface area contributed by atoms with Gasteiger partial charge in [0.05, 0.1) is 0 Å². The molecule has 6 heteroatoms. The van der Waals surface area contributed by atoms with E-state index in [-0.39, 0.29) is 23.8 Å². The molecule has 2 aliphatic heterocycles. The lowest BCUT2D eigenvalue weighted by Crippen LogP contribution is -2.57. The largest absolute Gasteiger partial charge is 0.342 e. The molecule has 1 unspecified atom stereocenters. The van der Waals surface area contributed by atoms with Gasteiger partial charge in [0.15, 0.2) is 0 Å². The molecule has 2 saturated heterocycles. The van der Waals surface area contributed by atoms with E-state index in [1.54, 1.807) is 11.9 Å². The predicted molar refractivity (Wildman–Crippen MR) is 103 cm³/mol. The summed E-state index contributed by atoms with van der Waals surface area (Å²) < 4.78 is 0. The number of carbonyl (C=O) groups is 3. The lowest BCUT2D eigenvalue weighted by Gasteiger charge is -2.42. The highest BCUT2D eigenvalue weighted by molar-refractivity contribution is 6.07. The van der Waals surface area contributed by atoms with Crippen LogP contribution in [0.15, 0.2) is 30.3 Å². The van der Waals surface area contributed by atoms with E-state index in [1.807, 2.05) is 35.2 Å². The van der Waals surface area contributed by atoms with Gasteiger partial charge < -0.3 is 9.80 Å². The first-order valence-electron chi connectivity index (χ1n) is 10.4. The molecular weight excluding hydrogens is 354 g/mol. The number of benzene rings is 1. The molecule has 0 radical (unpaired) electrons. The Kier molecular flexibility index (Phi) is 3.83. The molecule has 28 heavy (non-hydrogen) atoms. The summed E-state index contributed by atoms with van der Waals surface area (Å²) in [5.74, 6) is 0.357. The zero-order valence-electron chi connectivity index (χ0n) is 16.4. The molecule has 4 amide bonds. The minimum absolute atomic E-state index is 0.123. The van der Waals surface area contributed by atoms with Crippen molar-refractivity contribution in [3.63, 3.8) is 0 Å². The minimum atomic E-state index is -0.809. The van der Waals surface area contributed by atoms with Gasteiger partial charge in [-0.25, -0.2) is 4.79 Å². The summed E-state index contributed by atoms with van der Waals surface area (Å²) >= 11 is 0. The van der Waals surface area contributed by atoms with E-state index in [1.165, 1.54) is 24.2 Å². The van der Waals surface area contributed by atoms with Crippen LogP contribution in [-0.4, -0.2) is 58.2 Å². The SMILES string of the molecule is CN1C(=O)N(Cc2ccccc2)C2(CCN(C(=O)C3CC34CCC4)CC2)C1=O. The van der Waals surface area contributed by atoms with Crippen LogP contribution in [0.25, 0.3) is 0 Å². The van der Waals surface area contributed by atoms with Crippen molar-refractivity contribution in [3.05, 3.63) is 35.9 Å². The third-order valence-electron chi connectivity index (χ3n) is 7.66. The maximum absolute atomic E-state index is 13.0. The highest BCUT2D eigenvalue weighted by Gasteiger charge is 2.63. The van der Waals surface area contributed by atoms with Crippen molar-refractivity contribution >= 4 is 17.8 Å². The molecule has 0 N–H and O–H groups in total. The fourth-order valence-electron chi connectivity index (χ4n) is 5.55. The van der Waals surface area contributed by atoms with E-state index in [4.69, 9.17) is 0 Å². The first kappa shape index (κ1) is 17.7. The van der Waals surface area contributed by atoms with Crippen LogP contribution in [-0.2, 0) is 16.1 Å². The lowest BCUT2D eigenvalue weighted by atomic mass is 9.79. The van der Waals surface area contributed by atoms with Crippen LogP contribution >= 0.6 is 0 Å². The molecule has 1 aromatic carbocycles. The Morgan fingerprint density at radius 3 is 2.32 bits per heavy atom.